The molecule has 1 aromatic heterocycles. The summed E-state index contributed by atoms with van der Waals surface area (Å²) in [4.78, 5) is 15.9. The molecule has 5 heteroatoms. The van der Waals surface area contributed by atoms with Gasteiger partial charge in [0, 0.05) is 37.3 Å². The second-order valence-electron chi connectivity index (χ2n) is 4.24. The van der Waals surface area contributed by atoms with Crippen LogP contribution in [0.5, 0.6) is 5.75 Å². The van der Waals surface area contributed by atoms with E-state index in [0.717, 1.165) is 5.82 Å². The Kier molecular flexibility index (Phi) is 4.58. The largest absolute Gasteiger partial charge is 0.486 e. The summed E-state index contributed by atoms with van der Waals surface area (Å²) in [6.45, 7) is 0.0755. The minimum absolute atomic E-state index is 0.0537. The van der Waals surface area contributed by atoms with Gasteiger partial charge in [-0.1, -0.05) is 11.6 Å². The van der Waals surface area contributed by atoms with Crippen molar-refractivity contribution in [2.75, 3.05) is 6.61 Å². The Hall–Kier alpha value is -1.81. The molecular formula is C14H15ClN2O2. The minimum atomic E-state index is 0.0537. The molecule has 0 atom stereocenters. The average Bonchev–Trinajstić information content (AvgIpc) is 2.81. The lowest BCUT2D eigenvalue weighted by molar-refractivity contribution is -0.121. The molecule has 0 aliphatic rings. The first-order valence-electron chi connectivity index (χ1n) is 6.01. The first-order valence-corrected chi connectivity index (χ1v) is 6.39. The number of nitrogens with zero attached hydrogens (tertiary/aromatic N) is 2. The predicted molar refractivity (Wildman–Crippen MR) is 73.5 cm³/mol. The highest BCUT2D eigenvalue weighted by molar-refractivity contribution is 6.30. The number of carbonyl (C=O) groups excluding carboxylic acids is 1. The smallest absolute Gasteiger partial charge is 0.170 e. The zero-order chi connectivity index (χ0) is 13.7. The summed E-state index contributed by atoms with van der Waals surface area (Å²) >= 11 is 5.76. The van der Waals surface area contributed by atoms with E-state index in [4.69, 9.17) is 16.3 Å². The van der Waals surface area contributed by atoms with Crippen LogP contribution in [0.25, 0.3) is 0 Å². The molecular weight excluding hydrogens is 264 g/mol. The highest BCUT2D eigenvalue weighted by Gasteiger charge is 2.06. The van der Waals surface area contributed by atoms with Crippen LogP contribution in [0.15, 0.2) is 36.7 Å². The van der Waals surface area contributed by atoms with Crippen molar-refractivity contribution in [3.05, 3.63) is 47.5 Å². The summed E-state index contributed by atoms with van der Waals surface area (Å²) < 4.78 is 7.30. The van der Waals surface area contributed by atoms with Crippen LogP contribution >= 0.6 is 11.6 Å². The average molecular weight is 279 g/mol. The van der Waals surface area contributed by atoms with E-state index >= 15 is 0 Å². The topological polar surface area (TPSA) is 44.1 Å². The molecule has 1 aromatic carbocycles. The van der Waals surface area contributed by atoms with Crippen molar-refractivity contribution in [2.45, 2.75) is 12.8 Å². The third-order valence-electron chi connectivity index (χ3n) is 2.76. The van der Waals surface area contributed by atoms with Gasteiger partial charge in [-0.3, -0.25) is 4.79 Å². The Morgan fingerprint density at radius 3 is 2.74 bits per heavy atom. The number of hydrogen-bond donors (Lipinski definition) is 0. The maximum Gasteiger partial charge on any atom is 0.170 e. The molecule has 0 aliphatic heterocycles. The number of imidazole rings is 1. The fourth-order valence-electron chi connectivity index (χ4n) is 1.66. The van der Waals surface area contributed by atoms with Gasteiger partial charge in [-0.15, -0.1) is 0 Å². The van der Waals surface area contributed by atoms with Crippen LogP contribution in [-0.2, 0) is 18.3 Å². The van der Waals surface area contributed by atoms with E-state index in [1.807, 2.05) is 17.8 Å². The molecule has 0 radical (unpaired) electrons. The molecule has 0 aliphatic carbocycles. The van der Waals surface area contributed by atoms with Crippen LogP contribution in [0.1, 0.15) is 12.2 Å². The number of hydrogen-bond acceptors (Lipinski definition) is 3. The predicted octanol–water partition coefficient (Wildman–Crippen LogP) is 2.65. The van der Waals surface area contributed by atoms with E-state index in [1.54, 1.807) is 30.5 Å². The fourth-order valence-corrected chi connectivity index (χ4v) is 1.78. The van der Waals surface area contributed by atoms with Crippen LogP contribution in [0.4, 0.5) is 0 Å². The maximum atomic E-state index is 11.7. The Morgan fingerprint density at radius 2 is 2.11 bits per heavy atom. The second kappa shape index (κ2) is 6.38. The molecule has 100 valence electrons. The second-order valence-corrected chi connectivity index (χ2v) is 4.67. The zero-order valence-electron chi connectivity index (χ0n) is 10.7. The minimum Gasteiger partial charge on any atom is -0.486 e. The van der Waals surface area contributed by atoms with Crippen molar-refractivity contribution < 1.29 is 9.53 Å². The van der Waals surface area contributed by atoms with Gasteiger partial charge in [0.1, 0.15) is 18.2 Å². The third kappa shape index (κ3) is 4.10. The molecule has 0 saturated heterocycles. The molecule has 0 amide bonds. The van der Waals surface area contributed by atoms with E-state index in [9.17, 15) is 4.79 Å². The van der Waals surface area contributed by atoms with Crippen molar-refractivity contribution in [1.29, 1.82) is 0 Å². The Morgan fingerprint density at radius 1 is 1.37 bits per heavy atom. The molecule has 2 rings (SSSR count). The molecule has 2 aromatic rings. The van der Waals surface area contributed by atoms with Gasteiger partial charge in [0.2, 0.25) is 0 Å². The van der Waals surface area contributed by atoms with Gasteiger partial charge in [-0.2, -0.15) is 0 Å². The van der Waals surface area contributed by atoms with E-state index in [2.05, 4.69) is 4.98 Å². The summed E-state index contributed by atoms with van der Waals surface area (Å²) in [5.41, 5.74) is 0. The number of halogens is 1. The van der Waals surface area contributed by atoms with Crippen molar-refractivity contribution in [3.8, 4) is 5.75 Å². The number of Topliss-reactive ketones (excluding diaryl/α,β-unsaturated/α-hetero) is 1. The SMILES string of the molecule is Cn1ccnc1CCC(=O)COc1ccc(Cl)cc1. The van der Waals surface area contributed by atoms with Gasteiger partial charge < -0.3 is 9.30 Å². The van der Waals surface area contributed by atoms with Gasteiger partial charge in [-0.25, -0.2) is 4.98 Å². The molecule has 0 unspecified atom stereocenters. The molecule has 0 N–H and O–H groups in total. The normalized spacial score (nSPS) is 10.4. The lowest BCUT2D eigenvalue weighted by atomic mass is 10.2. The Balaban J connectivity index is 1.76. The molecule has 0 bridgehead atoms. The summed E-state index contributed by atoms with van der Waals surface area (Å²) in [6, 6.07) is 6.95. The molecule has 0 fully saturated rings. The van der Waals surface area contributed by atoms with Crippen molar-refractivity contribution in [3.63, 3.8) is 0 Å². The first-order chi connectivity index (χ1) is 9.15. The van der Waals surface area contributed by atoms with E-state index in [0.29, 0.717) is 23.6 Å². The van der Waals surface area contributed by atoms with Crippen LogP contribution < -0.4 is 4.74 Å². The van der Waals surface area contributed by atoms with Crippen LogP contribution in [0.2, 0.25) is 5.02 Å². The third-order valence-corrected chi connectivity index (χ3v) is 3.01. The number of benzene rings is 1. The monoisotopic (exact) mass is 278 g/mol. The molecule has 19 heavy (non-hydrogen) atoms. The molecule has 0 saturated carbocycles. The maximum absolute atomic E-state index is 11.7. The quantitative estimate of drug-likeness (QED) is 0.816. The van der Waals surface area contributed by atoms with E-state index in [1.165, 1.54) is 0 Å². The van der Waals surface area contributed by atoms with Gasteiger partial charge in [-0.05, 0) is 24.3 Å². The van der Waals surface area contributed by atoms with E-state index < -0.39 is 0 Å². The van der Waals surface area contributed by atoms with Crippen molar-refractivity contribution in [1.82, 2.24) is 9.55 Å². The first kappa shape index (κ1) is 13.6. The highest BCUT2D eigenvalue weighted by Crippen LogP contribution is 2.15. The number of carbonyl (C=O) groups is 1. The standard InChI is InChI=1S/C14H15ClN2O2/c1-17-9-8-16-14(17)7-4-12(18)10-19-13-5-2-11(15)3-6-13/h2-3,5-6,8-9H,4,7,10H2,1H3. The Bertz CT molecular complexity index is 549. The number of aryl methyl sites for hydroxylation is 2. The lowest BCUT2D eigenvalue weighted by Crippen LogP contribution is -2.13. The molecule has 4 nitrogen and oxygen atoms in total. The van der Waals surface area contributed by atoms with Gasteiger partial charge >= 0.3 is 0 Å². The number of ether oxygens (including phenoxy) is 1. The van der Waals surface area contributed by atoms with Crippen molar-refractivity contribution >= 4 is 17.4 Å². The van der Waals surface area contributed by atoms with E-state index in [-0.39, 0.29) is 12.4 Å². The summed E-state index contributed by atoms with van der Waals surface area (Å²) in [5, 5.41) is 0.647. The zero-order valence-corrected chi connectivity index (χ0v) is 11.4. The summed E-state index contributed by atoms with van der Waals surface area (Å²) in [6.07, 6.45) is 4.65. The highest BCUT2D eigenvalue weighted by atomic mass is 35.5. The fraction of sp³-hybridized carbons (Fsp3) is 0.286. The van der Waals surface area contributed by atoms with Crippen LogP contribution in [-0.4, -0.2) is 21.9 Å². The number of ketones is 1. The van der Waals surface area contributed by atoms with Gasteiger partial charge in [0.05, 0.1) is 0 Å². The van der Waals surface area contributed by atoms with Crippen molar-refractivity contribution in [2.24, 2.45) is 7.05 Å². The number of rotatable bonds is 6. The van der Waals surface area contributed by atoms with Crippen LogP contribution in [0, 0.1) is 0 Å². The molecule has 0 spiro atoms. The molecule has 1 heterocycles. The van der Waals surface area contributed by atoms with Gasteiger partial charge in [0.15, 0.2) is 5.78 Å². The number of aromatic nitrogens is 2. The van der Waals surface area contributed by atoms with Gasteiger partial charge in [0.25, 0.3) is 0 Å². The lowest BCUT2D eigenvalue weighted by Gasteiger charge is -2.05. The summed E-state index contributed by atoms with van der Waals surface area (Å²) in [7, 11) is 1.91. The summed E-state index contributed by atoms with van der Waals surface area (Å²) in [5.74, 6) is 1.60. The Labute approximate surface area is 117 Å². The van der Waals surface area contributed by atoms with Crippen LogP contribution in [0.3, 0.4) is 0 Å².